The zero-order chi connectivity index (χ0) is 8.32. The number of aliphatic hydroxyl groups is 1. The van der Waals surface area contributed by atoms with E-state index in [0.29, 0.717) is 0 Å². The molecule has 3 heteroatoms. The fraction of sp³-hybridized carbons (Fsp3) is 0.250. The van der Waals surface area contributed by atoms with Gasteiger partial charge in [0, 0.05) is 4.90 Å². The number of thioether (sulfide) groups is 1. The third kappa shape index (κ3) is 3.41. The molecule has 2 nitrogen and oxygen atoms in total. The topological polar surface area (TPSA) is 46.2 Å². The Morgan fingerprint density at radius 2 is 1.91 bits per heavy atom. The summed E-state index contributed by atoms with van der Waals surface area (Å²) in [4.78, 5) is 0.972. The van der Waals surface area contributed by atoms with Crippen molar-refractivity contribution in [2.45, 2.75) is 16.9 Å². The summed E-state index contributed by atoms with van der Waals surface area (Å²) >= 11 is 1.23. The van der Waals surface area contributed by atoms with Crippen molar-refractivity contribution in [1.82, 2.24) is 0 Å². The first-order chi connectivity index (χ1) is 5.08. The molecule has 0 heterocycles. The van der Waals surface area contributed by atoms with Gasteiger partial charge in [-0.15, -0.1) is 0 Å². The minimum Gasteiger partial charge on any atom is -0.367 e. The lowest BCUT2D eigenvalue weighted by atomic mass is 10.4. The van der Waals surface area contributed by atoms with E-state index in [1.807, 2.05) is 30.3 Å². The highest BCUT2D eigenvalue weighted by molar-refractivity contribution is 8.00. The maximum atomic E-state index is 9.21. The second-order valence-electron chi connectivity index (χ2n) is 2.47. The predicted molar refractivity (Wildman–Crippen MR) is 47.1 cm³/mol. The van der Waals surface area contributed by atoms with Gasteiger partial charge in [0.25, 0.3) is 0 Å². The van der Waals surface area contributed by atoms with Crippen LogP contribution in [0.4, 0.5) is 0 Å². The summed E-state index contributed by atoms with van der Waals surface area (Å²) in [7, 11) is 0. The zero-order valence-electron chi connectivity index (χ0n) is 6.32. The summed E-state index contributed by atoms with van der Waals surface area (Å²) < 4.78 is 0. The zero-order valence-corrected chi connectivity index (χ0v) is 7.14. The molecule has 0 aliphatic rings. The molecule has 0 fully saturated rings. The monoisotopic (exact) mass is 169 g/mol. The standard InChI is InChI=1S/C8H11NOS/c1-8(9,10)11-7-5-3-2-4-6-7/h2-6,10H,9H2,1H3. The second-order valence-corrected chi connectivity index (χ2v) is 3.97. The summed E-state index contributed by atoms with van der Waals surface area (Å²) in [5.41, 5.74) is 5.39. The molecule has 0 aliphatic carbocycles. The Labute approximate surface area is 70.4 Å². The molecule has 0 spiro atoms. The van der Waals surface area contributed by atoms with Crippen LogP contribution in [-0.4, -0.2) is 10.2 Å². The fourth-order valence-electron chi connectivity index (χ4n) is 0.727. The Kier molecular flexibility index (Phi) is 2.54. The molecule has 0 aliphatic heterocycles. The van der Waals surface area contributed by atoms with Crippen molar-refractivity contribution in [2.75, 3.05) is 0 Å². The average molecular weight is 169 g/mol. The molecule has 1 atom stereocenters. The molecule has 0 aromatic heterocycles. The van der Waals surface area contributed by atoms with Gasteiger partial charge in [0.2, 0.25) is 0 Å². The molecule has 0 bridgehead atoms. The fourth-order valence-corrected chi connectivity index (χ4v) is 1.50. The van der Waals surface area contributed by atoms with E-state index in [1.54, 1.807) is 6.92 Å². The molecule has 0 saturated heterocycles. The number of hydrogen-bond acceptors (Lipinski definition) is 3. The molecule has 0 amide bonds. The van der Waals surface area contributed by atoms with Crippen molar-refractivity contribution in [2.24, 2.45) is 5.73 Å². The van der Waals surface area contributed by atoms with E-state index in [-0.39, 0.29) is 0 Å². The van der Waals surface area contributed by atoms with Crippen LogP contribution in [-0.2, 0) is 0 Å². The molecule has 11 heavy (non-hydrogen) atoms. The van der Waals surface area contributed by atoms with Crippen LogP contribution < -0.4 is 5.73 Å². The van der Waals surface area contributed by atoms with Gasteiger partial charge in [-0.05, 0) is 19.1 Å². The predicted octanol–water partition coefficient (Wildman–Crippen LogP) is 1.40. The number of benzene rings is 1. The summed E-state index contributed by atoms with van der Waals surface area (Å²) in [6.45, 7) is 1.56. The highest BCUT2D eigenvalue weighted by atomic mass is 32.2. The summed E-state index contributed by atoms with van der Waals surface area (Å²) in [6, 6.07) is 9.56. The first kappa shape index (κ1) is 8.59. The number of nitrogens with two attached hydrogens (primary N) is 1. The van der Waals surface area contributed by atoms with Crippen molar-refractivity contribution in [3.8, 4) is 0 Å². The van der Waals surface area contributed by atoms with E-state index < -0.39 is 5.06 Å². The molecule has 1 aromatic carbocycles. The van der Waals surface area contributed by atoms with Crippen molar-refractivity contribution in [3.63, 3.8) is 0 Å². The molecule has 1 aromatic rings. The van der Waals surface area contributed by atoms with Crippen molar-refractivity contribution >= 4 is 11.8 Å². The van der Waals surface area contributed by atoms with Gasteiger partial charge < -0.3 is 5.11 Å². The summed E-state index contributed by atoms with van der Waals surface area (Å²) in [5, 5.41) is 8.03. The maximum absolute atomic E-state index is 9.21. The van der Waals surface area contributed by atoms with Gasteiger partial charge in [0.05, 0.1) is 0 Å². The third-order valence-electron chi connectivity index (χ3n) is 1.07. The highest BCUT2D eigenvalue weighted by Gasteiger charge is 2.13. The van der Waals surface area contributed by atoms with Gasteiger partial charge in [-0.2, -0.15) is 0 Å². The lowest BCUT2D eigenvalue weighted by Crippen LogP contribution is -2.30. The molecular formula is C8H11NOS. The minimum absolute atomic E-state index is 0.972. The Balaban J connectivity index is 2.66. The van der Waals surface area contributed by atoms with E-state index in [2.05, 4.69) is 0 Å². The van der Waals surface area contributed by atoms with Gasteiger partial charge in [0.1, 0.15) is 0 Å². The van der Waals surface area contributed by atoms with Crippen LogP contribution in [0.15, 0.2) is 35.2 Å². The van der Waals surface area contributed by atoms with Gasteiger partial charge in [-0.1, -0.05) is 30.0 Å². The smallest absolute Gasteiger partial charge is 0.163 e. The van der Waals surface area contributed by atoms with Gasteiger partial charge in [-0.3, -0.25) is 5.73 Å². The average Bonchev–Trinajstić information content (AvgIpc) is 1.85. The normalized spacial score (nSPS) is 15.9. The minimum atomic E-state index is -1.18. The molecule has 0 radical (unpaired) electrons. The Morgan fingerprint density at radius 1 is 1.36 bits per heavy atom. The van der Waals surface area contributed by atoms with Crippen molar-refractivity contribution in [3.05, 3.63) is 30.3 Å². The number of hydrogen-bond donors (Lipinski definition) is 2. The molecule has 0 saturated carbocycles. The van der Waals surface area contributed by atoms with Gasteiger partial charge >= 0.3 is 0 Å². The van der Waals surface area contributed by atoms with E-state index in [1.165, 1.54) is 11.8 Å². The lowest BCUT2D eigenvalue weighted by molar-refractivity contribution is 0.166. The first-order valence-corrected chi connectivity index (χ1v) is 4.15. The van der Waals surface area contributed by atoms with E-state index >= 15 is 0 Å². The van der Waals surface area contributed by atoms with Crippen LogP contribution in [0.25, 0.3) is 0 Å². The van der Waals surface area contributed by atoms with Crippen LogP contribution in [0, 0.1) is 0 Å². The van der Waals surface area contributed by atoms with Crippen molar-refractivity contribution < 1.29 is 5.11 Å². The SMILES string of the molecule is CC(N)(O)Sc1ccccc1. The molecular weight excluding hydrogens is 158 g/mol. The van der Waals surface area contributed by atoms with E-state index in [9.17, 15) is 5.11 Å². The van der Waals surface area contributed by atoms with Crippen molar-refractivity contribution in [1.29, 1.82) is 0 Å². The van der Waals surface area contributed by atoms with Crippen LogP contribution in [0.2, 0.25) is 0 Å². The molecule has 60 valence electrons. The van der Waals surface area contributed by atoms with Gasteiger partial charge in [-0.25, -0.2) is 0 Å². The Bertz CT molecular complexity index is 217. The second kappa shape index (κ2) is 3.26. The molecule has 1 unspecified atom stereocenters. The Morgan fingerprint density at radius 3 is 2.36 bits per heavy atom. The maximum Gasteiger partial charge on any atom is 0.163 e. The molecule has 1 rings (SSSR count). The van der Waals surface area contributed by atoms with Crippen LogP contribution in [0.5, 0.6) is 0 Å². The lowest BCUT2D eigenvalue weighted by Gasteiger charge is -2.15. The third-order valence-corrected chi connectivity index (χ3v) is 1.99. The summed E-state index contributed by atoms with van der Waals surface area (Å²) in [5.74, 6) is 0. The number of rotatable bonds is 2. The van der Waals surface area contributed by atoms with E-state index in [0.717, 1.165) is 4.90 Å². The van der Waals surface area contributed by atoms with Crippen LogP contribution in [0.3, 0.4) is 0 Å². The largest absolute Gasteiger partial charge is 0.367 e. The van der Waals surface area contributed by atoms with Crippen LogP contribution >= 0.6 is 11.8 Å². The van der Waals surface area contributed by atoms with E-state index in [4.69, 9.17) is 5.73 Å². The van der Waals surface area contributed by atoms with Crippen LogP contribution in [0.1, 0.15) is 6.92 Å². The van der Waals surface area contributed by atoms with Gasteiger partial charge in [0.15, 0.2) is 5.06 Å². The summed E-state index contributed by atoms with van der Waals surface area (Å²) in [6.07, 6.45) is 0. The Hall–Kier alpha value is -0.510. The first-order valence-electron chi connectivity index (χ1n) is 3.33. The quantitative estimate of drug-likeness (QED) is 0.519. The molecule has 3 N–H and O–H groups in total. The highest BCUT2D eigenvalue weighted by Crippen LogP contribution is 2.25.